The number of ether oxygens (including phenoxy) is 1. The summed E-state index contributed by atoms with van der Waals surface area (Å²) in [4.78, 5) is 12.0. The summed E-state index contributed by atoms with van der Waals surface area (Å²) in [5, 5.41) is 8.96. The number of rotatable bonds is 11. The molecule has 0 aliphatic rings. The number of hydrogen-bond acceptors (Lipinski definition) is 5. The van der Waals surface area contributed by atoms with Crippen LogP contribution in [0.2, 0.25) is 0 Å². The lowest BCUT2D eigenvalue weighted by molar-refractivity contribution is -0.139. The molecule has 222 valence electrons. The molecule has 0 spiro atoms. The molecular weight excluding hydrogens is 564 g/mol. The fourth-order valence-electron chi connectivity index (χ4n) is 5.20. The highest BCUT2D eigenvalue weighted by Crippen LogP contribution is 2.35. The van der Waals surface area contributed by atoms with Gasteiger partial charge in [0.05, 0.1) is 0 Å². The average Bonchev–Trinajstić information content (AvgIpc) is 3.03. The maximum Gasteiger partial charge on any atom is 0.341 e. The number of thioether (sulfide) groups is 1. The van der Waals surface area contributed by atoms with Gasteiger partial charge in [-0.3, -0.25) is 0 Å². The molecule has 0 radical (unpaired) electrons. The van der Waals surface area contributed by atoms with Crippen LogP contribution in [-0.4, -0.2) is 23.4 Å². The Bertz CT molecular complexity index is 1700. The second-order valence-corrected chi connectivity index (χ2v) is 11.7. The normalized spacial score (nSPS) is 10.8. The second-order valence-electron chi connectivity index (χ2n) is 10.6. The molecule has 5 N–H and O–H groups in total. The van der Waals surface area contributed by atoms with Gasteiger partial charge in [0.1, 0.15) is 5.75 Å². The third kappa shape index (κ3) is 7.52. The van der Waals surface area contributed by atoms with Crippen molar-refractivity contribution in [2.24, 2.45) is 0 Å². The number of nitrogens with two attached hydrogens (primary N) is 2. The lowest BCUT2D eigenvalue weighted by atomic mass is 9.90. The lowest BCUT2D eigenvalue weighted by Gasteiger charge is -2.17. The fourth-order valence-corrected chi connectivity index (χ4v) is 6.32. The van der Waals surface area contributed by atoms with Gasteiger partial charge in [-0.2, -0.15) is 0 Å². The van der Waals surface area contributed by atoms with Crippen molar-refractivity contribution >= 4 is 34.7 Å². The first-order chi connectivity index (χ1) is 21.3. The third-order valence-electron chi connectivity index (χ3n) is 7.48. The van der Waals surface area contributed by atoms with Crippen LogP contribution in [0.25, 0.3) is 27.8 Å². The number of carboxylic acid groups (broad SMARTS) is 1. The van der Waals surface area contributed by atoms with Crippen molar-refractivity contribution in [1.82, 2.24) is 0 Å². The van der Waals surface area contributed by atoms with Crippen molar-refractivity contribution < 1.29 is 14.6 Å². The van der Waals surface area contributed by atoms with Crippen LogP contribution < -0.4 is 16.2 Å². The van der Waals surface area contributed by atoms with E-state index in [0.29, 0.717) is 5.75 Å². The molecule has 0 bridgehead atoms. The topological polar surface area (TPSA) is 98.6 Å². The molecule has 0 aliphatic carbocycles. The van der Waals surface area contributed by atoms with Crippen molar-refractivity contribution in [3.8, 4) is 28.0 Å². The van der Waals surface area contributed by atoms with Crippen LogP contribution in [0, 0.1) is 6.92 Å². The zero-order valence-corrected chi connectivity index (χ0v) is 25.7. The molecule has 0 saturated carbocycles. The molecule has 6 heteroatoms. The molecule has 0 heterocycles. The van der Waals surface area contributed by atoms with Gasteiger partial charge in [0, 0.05) is 22.0 Å². The zero-order chi connectivity index (χ0) is 31.1. The molecule has 5 nitrogen and oxygen atoms in total. The smallest absolute Gasteiger partial charge is 0.341 e. The quantitative estimate of drug-likeness (QED) is 0.103. The molecule has 0 amide bonds. The summed E-state index contributed by atoms with van der Waals surface area (Å²) >= 11 is 1.76. The summed E-state index contributed by atoms with van der Waals surface area (Å²) in [6.07, 6.45) is 0.884. The predicted molar refractivity (Wildman–Crippen MR) is 184 cm³/mol. The average molecular weight is 601 g/mol. The van der Waals surface area contributed by atoms with E-state index in [4.69, 9.17) is 21.3 Å². The lowest BCUT2D eigenvalue weighted by Crippen LogP contribution is -2.10. The van der Waals surface area contributed by atoms with Gasteiger partial charge < -0.3 is 21.3 Å². The fraction of sp³-hybridized carbons (Fsp3) is 0.132. The van der Waals surface area contributed by atoms with Crippen molar-refractivity contribution in [3.63, 3.8) is 0 Å². The second kappa shape index (κ2) is 14.0. The van der Waals surface area contributed by atoms with Crippen molar-refractivity contribution in [2.75, 3.05) is 23.8 Å². The number of aryl methyl sites for hydroxylation is 1. The first kappa shape index (κ1) is 30.5. The Hall–Kier alpha value is -4.94. The van der Waals surface area contributed by atoms with E-state index in [9.17, 15) is 4.79 Å². The monoisotopic (exact) mass is 600 g/mol. The molecule has 0 atom stereocenters. The van der Waals surface area contributed by atoms with Gasteiger partial charge in [-0.25, -0.2) is 4.79 Å². The van der Waals surface area contributed by atoms with Gasteiger partial charge in [0.25, 0.3) is 0 Å². The minimum atomic E-state index is -0.991. The van der Waals surface area contributed by atoms with Gasteiger partial charge in [-0.05, 0) is 100 Å². The number of carbonyl (C=O) groups is 1. The Morgan fingerprint density at radius 3 is 1.73 bits per heavy atom. The highest BCUT2D eigenvalue weighted by molar-refractivity contribution is 7.99. The summed E-state index contributed by atoms with van der Waals surface area (Å²) < 4.78 is 5.42. The van der Waals surface area contributed by atoms with Gasteiger partial charge in [0.15, 0.2) is 6.61 Å². The van der Waals surface area contributed by atoms with E-state index in [1.165, 1.54) is 11.1 Å². The van der Waals surface area contributed by atoms with E-state index in [2.05, 4.69) is 73.7 Å². The molecule has 0 unspecified atom stereocenters. The first-order valence-electron chi connectivity index (χ1n) is 14.5. The SMILES string of the molecule is CCC(CSc1ccc(OCC(=O)O)c(C)c1)=C(c1ccc(-c2cccc(N)c2)cc1)c1ccc(-c2cccc(N)c2)cc1. The summed E-state index contributed by atoms with van der Waals surface area (Å²) in [6, 6.07) is 39.2. The van der Waals surface area contributed by atoms with E-state index in [0.717, 1.165) is 67.4 Å². The minimum Gasteiger partial charge on any atom is -0.482 e. The predicted octanol–water partition coefficient (Wildman–Crippen LogP) is 8.96. The van der Waals surface area contributed by atoms with E-state index >= 15 is 0 Å². The number of benzene rings is 5. The molecule has 5 rings (SSSR count). The number of carboxylic acids is 1. The maximum atomic E-state index is 10.9. The molecule has 0 aromatic heterocycles. The number of aliphatic carboxylic acids is 1. The number of hydrogen-bond donors (Lipinski definition) is 3. The van der Waals surface area contributed by atoms with Crippen molar-refractivity contribution in [3.05, 3.63) is 138 Å². The summed E-state index contributed by atoms with van der Waals surface area (Å²) in [7, 11) is 0. The zero-order valence-electron chi connectivity index (χ0n) is 24.9. The van der Waals surface area contributed by atoms with Gasteiger partial charge in [-0.1, -0.05) is 85.3 Å². The van der Waals surface area contributed by atoms with Crippen LogP contribution in [0.5, 0.6) is 5.75 Å². The Morgan fingerprint density at radius 2 is 1.27 bits per heavy atom. The van der Waals surface area contributed by atoms with E-state index < -0.39 is 5.97 Å². The standard InChI is InChI=1S/C38H36N2O3S/c1-3-26(24-44-35-18-19-36(25(2)20-35)43-23-37(41)42)38(29-14-10-27(11-15-29)31-6-4-8-33(39)21-31)30-16-12-28(13-17-30)32-7-5-9-34(40)22-32/h4-22H,3,23-24,39-40H2,1-2H3,(H,41,42). The van der Waals surface area contributed by atoms with Crippen LogP contribution in [0.1, 0.15) is 30.0 Å². The van der Waals surface area contributed by atoms with E-state index in [-0.39, 0.29) is 6.61 Å². The Morgan fingerprint density at radius 1 is 0.727 bits per heavy atom. The molecule has 5 aromatic carbocycles. The van der Waals surface area contributed by atoms with Crippen LogP contribution in [-0.2, 0) is 4.79 Å². The van der Waals surface area contributed by atoms with Crippen LogP contribution in [0.3, 0.4) is 0 Å². The largest absolute Gasteiger partial charge is 0.482 e. The summed E-state index contributed by atoms with van der Waals surface area (Å²) in [5.74, 6) is 0.397. The molecule has 0 aliphatic heterocycles. The Labute approximate surface area is 263 Å². The van der Waals surface area contributed by atoms with Gasteiger partial charge >= 0.3 is 5.97 Å². The third-order valence-corrected chi connectivity index (χ3v) is 8.56. The first-order valence-corrected chi connectivity index (χ1v) is 15.5. The maximum absolute atomic E-state index is 10.9. The Kier molecular flexibility index (Phi) is 9.72. The molecule has 44 heavy (non-hydrogen) atoms. The highest BCUT2D eigenvalue weighted by atomic mass is 32.2. The summed E-state index contributed by atoms with van der Waals surface area (Å²) in [6.45, 7) is 3.78. The van der Waals surface area contributed by atoms with Gasteiger partial charge in [-0.15, -0.1) is 11.8 Å². The summed E-state index contributed by atoms with van der Waals surface area (Å²) in [5.41, 5.74) is 23.8. The van der Waals surface area contributed by atoms with Crippen LogP contribution in [0.15, 0.2) is 126 Å². The Balaban J connectivity index is 1.49. The van der Waals surface area contributed by atoms with Crippen LogP contribution >= 0.6 is 11.8 Å². The molecular formula is C38H36N2O3S. The van der Waals surface area contributed by atoms with Crippen molar-refractivity contribution in [1.29, 1.82) is 0 Å². The molecule has 0 fully saturated rings. The molecule has 0 saturated heterocycles. The van der Waals surface area contributed by atoms with Crippen LogP contribution in [0.4, 0.5) is 11.4 Å². The van der Waals surface area contributed by atoms with E-state index in [1.807, 2.05) is 55.5 Å². The number of nitrogen functional groups attached to an aromatic ring is 2. The minimum absolute atomic E-state index is 0.355. The van der Waals surface area contributed by atoms with E-state index in [1.54, 1.807) is 11.8 Å². The number of anilines is 2. The van der Waals surface area contributed by atoms with Gasteiger partial charge in [0.2, 0.25) is 0 Å². The van der Waals surface area contributed by atoms with Crippen molar-refractivity contribution in [2.45, 2.75) is 25.2 Å². The highest BCUT2D eigenvalue weighted by Gasteiger charge is 2.14. The molecule has 5 aromatic rings.